The van der Waals surface area contributed by atoms with E-state index in [0.29, 0.717) is 5.69 Å². The van der Waals surface area contributed by atoms with Gasteiger partial charge in [0.05, 0.1) is 11.9 Å². The molecule has 0 aliphatic carbocycles. The van der Waals surface area contributed by atoms with E-state index in [9.17, 15) is 4.79 Å². The number of halogens is 2. The van der Waals surface area contributed by atoms with Gasteiger partial charge < -0.3 is 5.32 Å². The quantitative estimate of drug-likeness (QED) is 0.762. The fraction of sp³-hybridized carbons (Fsp3) is 0.0833. The summed E-state index contributed by atoms with van der Waals surface area (Å²) in [6, 6.07) is 5.59. The fourth-order valence-electron chi connectivity index (χ4n) is 1.28. The summed E-state index contributed by atoms with van der Waals surface area (Å²) >= 11 is 5.60. The van der Waals surface area contributed by atoms with Crippen molar-refractivity contribution in [1.29, 1.82) is 0 Å². The zero-order chi connectivity index (χ0) is 13.1. The van der Waals surface area contributed by atoms with Gasteiger partial charge in [-0.1, -0.05) is 0 Å². The van der Waals surface area contributed by atoms with Gasteiger partial charge in [0.15, 0.2) is 0 Å². The summed E-state index contributed by atoms with van der Waals surface area (Å²) in [5.41, 5.74) is 1.82. The van der Waals surface area contributed by atoms with Crippen molar-refractivity contribution in [3.8, 4) is 0 Å². The first-order valence-corrected chi connectivity index (χ1v) is 6.98. The largest absolute Gasteiger partial charge is 0.321 e. The molecule has 2 aromatic rings. The topological polar surface area (TPSA) is 54.9 Å². The average molecular weight is 418 g/mol. The van der Waals surface area contributed by atoms with Gasteiger partial charge in [0, 0.05) is 19.9 Å². The van der Waals surface area contributed by atoms with E-state index in [1.54, 1.807) is 6.20 Å². The Morgan fingerprint density at radius 1 is 1.33 bits per heavy atom. The van der Waals surface area contributed by atoms with Gasteiger partial charge in [-0.15, -0.1) is 0 Å². The molecular weight excluding hydrogens is 409 g/mol. The van der Waals surface area contributed by atoms with E-state index >= 15 is 0 Å². The summed E-state index contributed by atoms with van der Waals surface area (Å²) in [7, 11) is 0. The predicted octanol–water partition coefficient (Wildman–Crippen LogP) is 3.40. The zero-order valence-corrected chi connectivity index (χ0v) is 13.2. The molecule has 1 amide bonds. The average Bonchev–Trinajstić information content (AvgIpc) is 2.34. The summed E-state index contributed by atoms with van der Waals surface area (Å²) in [5.74, 6) is -0.263. The maximum atomic E-state index is 11.9. The molecule has 0 saturated carbocycles. The van der Waals surface area contributed by atoms with E-state index in [-0.39, 0.29) is 5.91 Å². The first kappa shape index (κ1) is 13.4. The number of hydrogen-bond acceptors (Lipinski definition) is 3. The van der Waals surface area contributed by atoms with Crippen molar-refractivity contribution in [2.24, 2.45) is 0 Å². The number of nitrogens with one attached hydrogen (secondary N) is 1. The SMILES string of the molecule is Cc1cnc(C(=O)Nc2ccc(Br)c(I)c2)cn1. The second-order valence-electron chi connectivity index (χ2n) is 3.63. The van der Waals surface area contributed by atoms with Crippen molar-refractivity contribution in [2.45, 2.75) is 6.92 Å². The Hall–Kier alpha value is -1.02. The second-order valence-corrected chi connectivity index (χ2v) is 5.64. The number of benzene rings is 1. The highest BCUT2D eigenvalue weighted by atomic mass is 127. The third-order valence-electron chi connectivity index (χ3n) is 2.19. The van der Waals surface area contributed by atoms with Crippen LogP contribution in [0.5, 0.6) is 0 Å². The van der Waals surface area contributed by atoms with Gasteiger partial charge in [-0.3, -0.25) is 9.78 Å². The van der Waals surface area contributed by atoms with E-state index in [4.69, 9.17) is 0 Å². The van der Waals surface area contributed by atoms with Crippen LogP contribution < -0.4 is 5.32 Å². The van der Waals surface area contributed by atoms with Crippen LogP contribution >= 0.6 is 38.5 Å². The molecule has 1 aromatic heterocycles. The molecular formula is C12H9BrIN3O. The summed E-state index contributed by atoms with van der Waals surface area (Å²) < 4.78 is 2.02. The highest BCUT2D eigenvalue weighted by Gasteiger charge is 2.08. The number of nitrogens with zero attached hydrogens (tertiary/aromatic N) is 2. The van der Waals surface area contributed by atoms with E-state index in [2.05, 4.69) is 53.8 Å². The van der Waals surface area contributed by atoms with Crippen LogP contribution in [-0.4, -0.2) is 15.9 Å². The minimum absolute atomic E-state index is 0.263. The molecule has 4 nitrogen and oxygen atoms in total. The molecule has 0 atom stereocenters. The Balaban J connectivity index is 2.16. The number of aryl methyl sites for hydroxylation is 1. The molecule has 2 rings (SSSR count). The molecule has 0 saturated heterocycles. The van der Waals surface area contributed by atoms with Crippen LogP contribution in [0.3, 0.4) is 0 Å². The van der Waals surface area contributed by atoms with Crippen LogP contribution in [0.1, 0.15) is 16.2 Å². The Bertz CT molecular complexity index is 586. The Kier molecular flexibility index (Phi) is 4.28. The number of hydrogen-bond donors (Lipinski definition) is 1. The first-order valence-electron chi connectivity index (χ1n) is 5.11. The van der Waals surface area contributed by atoms with Crippen LogP contribution in [0.25, 0.3) is 0 Å². The predicted molar refractivity (Wildman–Crippen MR) is 81.6 cm³/mol. The van der Waals surface area contributed by atoms with E-state index in [1.165, 1.54) is 6.20 Å². The molecule has 0 radical (unpaired) electrons. The van der Waals surface area contributed by atoms with Gasteiger partial charge in [0.1, 0.15) is 5.69 Å². The third-order valence-corrected chi connectivity index (χ3v) is 4.52. The van der Waals surface area contributed by atoms with Crippen molar-refractivity contribution in [3.05, 3.63) is 50.0 Å². The molecule has 1 N–H and O–H groups in total. The van der Waals surface area contributed by atoms with E-state index in [1.807, 2.05) is 25.1 Å². The minimum atomic E-state index is -0.263. The van der Waals surface area contributed by atoms with Crippen LogP contribution in [-0.2, 0) is 0 Å². The summed E-state index contributed by atoms with van der Waals surface area (Å²) in [5, 5.41) is 2.78. The summed E-state index contributed by atoms with van der Waals surface area (Å²) in [4.78, 5) is 20.0. The lowest BCUT2D eigenvalue weighted by Gasteiger charge is -2.06. The molecule has 6 heteroatoms. The Labute approximate surface area is 126 Å². The molecule has 1 heterocycles. The smallest absolute Gasteiger partial charge is 0.275 e. The number of carbonyl (C=O) groups excluding carboxylic acids is 1. The first-order chi connectivity index (χ1) is 8.56. The van der Waals surface area contributed by atoms with Gasteiger partial charge in [-0.05, 0) is 63.6 Å². The standard InChI is InChI=1S/C12H9BrIN3O/c1-7-5-16-11(6-15-7)12(18)17-8-2-3-9(13)10(14)4-8/h2-6H,1H3,(H,17,18). The summed E-state index contributed by atoms with van der Waals surface area (Å²) in [6.07, 6.45) is 3.04. The number of amides is 1. The maximum absolute atomic E-state index is 11.9. The van der Waals surface area contributed by atoms with Crippen molar-refractivity contribution in [3.63, 3.8) is 0 Å². The number of rotatable bonds is 2. The van der Waals surface area contributed by atoms with Gasteiger partial charge >= 0.3 is 0 Å². The highest BCUT2D eigenvalue weighted by Crippen LogP contribution is 2.22. The van der Waals surface area contributed by atoms with Crippen LogP contribution in [0, 0.1) is 10.5 Å². The minimum Gasteiger partial charge on any atom is -0.321 e. The normalized spacial score (nSPS) is 10.2. The molecule has 0 aliphatic rings. The van der Waals surface area contributed by atoms with Crippen LogP contribution in [0.2, 0.25) is 0 Å². The molecule has 18 heavy (non-hydrogen) atoms. The van der Waals surface area contributed by atoms with Gasteiger partial charge in [-0.25, -0.2) is 4.98 Å². The monoisotopic (exact) mass is 417 g/mol. The number of aromatic nitrogens is 2. The van der Waals surface area contributed by atoms with Gasteiger partial charge in [-0.2, -0.15) is 0 Å². The van der Waals surface area contributed by atoms with Crippen LogP contribution in [0.15, 0.2) is 35.1 Å². The highest BCUT2D eigenvalue weighted by molar-refractivity contribution is 14.1. The molecule has 1 aromatic carbocycles. The van der Waals surface area contributed by atoms with Crippen molar-refractivity contribution >= 4 is 50.1 Å². The fourth-order valence-corrected chi connectivity index (χ4v) is 2.04. The lowest BCUT2D eigenvalue weighted by atomic mass is 10.3. The Morgan fingerprint density at radius 3 is 2.72 bits per heavy atom. The molecule has 0 fully saturated rings. The Morgan fingerprint density at radius 2 is 2.11 bits per heavy atom. The van der Waals surface area contributed by atoms with E-state index in [0.717, 1.165) is 19.4 Å². The van der Waals surface area contributed by atoms with Crippen molar-refractivity contribution in [2.75, 3.05) is 5.32 Å². The molecule has 92 valence electrons. The number of carbonyl (C=O) groups is 1. The lowest BCUT2D eigenvalue weighted by molar-refractivity contribution is 0.102. The molecule has 0 spiro atoms. The number of anilines is 1. The zero-order valence-electron chi connectivity index (χ0n) is 9.45. The van der Waals surface area contributed by atoms with Gasteiger partial charge in [0.25, 0.3) is 5.91 Å². The van der Waals surface area contributed by atoms with Gasteiger partial charge in [0.2, 0.25) is 0 Å². The molecule has 0 aliphatic heterocycles. The second kappa shape index (κ2) is 5.75. The summed E-state index contributed by atoms with van der Waals surface area (Å²) in [6.45, 7) is 1.83. The molecule has 0 unspecified atom stereocenters. The van der Waals surface area contributed by atoms with E-state index < -0.39 is 0 Å². The van der Waals surface area contributed by atoms with Crippen LogP contribution in [0.4, 0.5) is 5.69 Å². The van der Waals surface area contributed by atoms with Crippen molar-refractivity contribution < 1.29 is 4.79 Å². The molecule has 0 bridgehead atoms. The lowest BCUT2D eigenvalue weighted by Crippen LogP contribution is -2.14. The maximum Gasteiger partial charge on any atom is 0.275 e. The third kappa shape index (κ3) is 3.26. The van der Waals surface area contributed by atoms with Crippen molar-refractivity contribution in [1.82, 2.24) is 9.97 Å².